The Balaban J connectivity index is 1.42. The van der Waals surface area contributed by atoms with E-state index in [4.69, 9.17) is 15.5 Å². The maximum atomic E-state index is 6.12. The van der Waals surface area contributed by atoms with E-state index >= 15 is 0 Å². The van der Waals surface area contributed by atoms with Crippen molar-refractivity contribution in [3.8, 4) is 16.2 Å². The number of benzene rings is 2. The van der Waals surface area contributed by atoms with Gasteiger partial charge in [-0.3, -0.25) is 4.99 Å². The average molecular weight is 421 g/mol. The van der Waals surface area contributed by atoms with Crippen molar-refractivity contribution in [1.82, 2.24) is 0 Å². The molecule has 0 fully saturated rings. The van der Waals surface area contributed by atoms with E-state index < -0.39 is 0 Å². The van der Waals surface area contributed by atoms with E-state index in [-0.39, 0.29) is 5.54 Å². The predicted octanol–water partition coefficient (Wildman–Crippen LogP) is 5.98. The van der Waals surface area contributed by atoms with Gasteiger partial charge in [0.1, 0.15) is 12.4 Å². The van der Waals surface area contributed by atoms with E-state index in [1.54, 1.807) is 11.8 Å². The Morgan fingerprint density at radius 3 is 2.79 bits per heavy atom. The number of ether oxygens (including phenoxy) is 1. The molecule has 0 bridgehead atoms. The van der Waals surface area contributed by atoms with Gasteiger partial charge in [-0.15, -0.1) is 11.3 Å². The van der Waals surface area contributed by atoms with Crippen molar-refractivity contribution in [2.45, 2.75) is 37.8 Å². The summed E-state index contributed by atoms with van der Waals surface area (Å²) >= 11 is 3.59. The highest BCUT2D eigenvalue weighted by molar-refractivity contribution is 8.13. The van der Waals surface area contributed by atoms with Crippen LogP contribution in [0.2, 0.25) is 0 Å². The molecule has 0 radical (unpaired) electrons. The summed E-state index contributed by atoms with van der Waals surface area (Å²) in [5, 5.41) is 0.744. The van der Waals surface area contributed by atoms with Crippen molar-refractivity contribution >= 4 is 28.3 Å². The predicted molar refractivity (Wildman–Crippen MR) is 124 cm³/mol. The summed E-state index contributed by atoms with van der Waals surface area (Å²) in [6.07, 6.45) is 4.53. The number of rotatable bonds is 4. The zero-order valence-corrected chi connectivity index (χ0v) is 17.9. The minimum atomic E-state index is -0.0981. The van der Waals surface area contributed by atoms with Crippen LogP contribution in [-0.4, -0.2) is 10.9 Å². The van der Waals surface area contributed by atoms with Gasteiger partial charge in [-0.25, -0.2) is 0 Å². The van der Waals surface area contributed by atoms with Gasteiger partial charge in [-0.2, -0.15) is 0 Å². The minimum Gasteiger partial charge on any atom is -0.489 e. The summed E-state index contributed by atoms with van der Waals surface area (Å²) < 4.78 is 6.04. The fourth-order valence-corrected chi connectivity index (χ4v) is 6.49. The van der Waals surface area contributed by atoms with Crippen LogP contribution in [0, 0.1) is 0 Å². The standard InChI is InChI=1S/C24H24N2OS2/c25-23-26-24(12-13-28-23)11-5-10-21-20(24)15-22(29-21)18-8-4-9-19(14-18)27-16-17-6-2-1-3-7-17/h1-4,6-9,14-15H,5,10-13,16H2,(H2,25,26). The molecule has 0 saturated heterocycles. The molecule has 3 aromatic rings. The number of amidine groups is 1. The Bertz CT molecular complexity index is 1040. The number of hydrogen-bond donors (Lipinski definition) is 1. The number of hydrogen-bond acceptors (Lipinski definition) is 5. The van der Waals surface area contributed by atoms with Crippen LogP contribution in [-0.2, 0) is 18.6 Å². The lowest BCUT2D eigenvalue weighted by molar-refractivity contribution is 0.306. The number of aryl methyl sites for hydroxylation is 1. The highest BCUT2D eigenvalue weighted by atomic mass is 32.2. The fourth-order valence-electron chi connectivity index (χ4n) is 4.31. The molecule has 5 rings (SSSR count). The number of nitrogens with two attached hydrogens (primary N) is 1. The van der Waals surface area contributed by atoms with Crippen LogP contribution in [0.3, 0.4) is 0 Å². The first-order valence-corrected chi connectivity index (χ1v) is 11.9. The molecule has 2 aromatic carbocycles. The molecule has 148 valence electrons. The van der Waals surface area contributed by atoms with Crippen molar-refractivity contribution < 1.29 is 4.74 Å². The average Bonchev–Trinajstić information content (AvgIpc) is 3.20. The number of thioether (sulfide) groups is 1. The summed E-state index contributed by atoms with van der Waals surface area (Å²) in [7, 11) is 0. The van der Waals surface area contributed by atoms with Gasteiger partial charge in [-0.1, -0.05) is 54.2 Å². The molecule has 2 N–H and O–H groups in total. The Morgan fingerprint density at radius 2 is 1.93 bits per heavy atom. The van der Waals surface area contributed by atoms with Crippen LogP contribution in [0.15, 0.2) is 65.7 Å². The third-order valence-electron chi connectivity index (χ3n) is 5.76. The van der Waals surface area contributed by atoms with Crippen LogP contribution in [0.4, 0.5) is 0 Å². The lowest BCUT2D eigenvalue weighted by Crippen LogP contribution is -2.34. The molecule has 1 aromatic heterocycles. The van der Waals surface area contributed by atoms with E-state index in [0.717, 1.165) is 35.9 Å². The molecule has 1 aliphatic heterocycles. The Hall–Kier alpha value is -2.24. The lowest BCUT2D eigenvalue weighted by Gasteiger charge is -2.36. The second-order valence-corrected chi connectivity index (χ2v) is 9.94. The van der Waals surface area contributed by atoms with Crippen LogP contribution < -0.4 is 10.5 Å². The first-order valence-electron chi connectivity index (χ1n) is 10.1. The Morgan fingerprint density at radius 1 is 1.03 bits per heavy atom. The van der Waals surface area contributed by atoms with Gasteiger partial charge in [-0.05, 0) is 60.6 Å². The first-order chi connectivity index (χ1) is 14.2. The number of fused-ring (bicyclic) bond motifs is 2. The number of nitrogens with zero attached hydrogens (tertiary/aromatic N) is 1. The zero-order chi connectivity index (χ0) is 19.7. The maximum absolute atomic E-state index is 6.12. The van der Waals surface area contributed by atoms with E-state index in [9.17, 15) is 0 Å². The molecule has 1 unspecified atom stereocenters. The molecule has 1 aliphatic carbocycles. The van der Waals surface area contributed by atoms with Crippen molar-refractivity contribution in [3.05, 3.63) is 76.7 Å². The Kier molecular flexibility index (Phi) is 5.10. The maximum Gasteiger partial charge on any atom is 0.154 e. The molecule has 0 amide bonds. The normalized spacial score (nSPS) is 20.9. The summed E-state index contributed by atoms with van der Waals surface area (Å²) in [4.78, 5) is 7.72. The summed E-state index contributed by atoms with van der Waals surface area (Å²) in [5.41, 5.74) is 9.82. The van der Waals surface area contributed by atoms with Gasteiger partial charge >= 0.3 is 0 Å². The molecule has 29 heavy (non-hydrogen) atoms. The smallest absolute Gasteiger partial charge is 0.154 e. The molecule has 0 saturated carbocycles. The summed E-state index contributed by atoms with van der Waals surface area (Å²) in [6.45, 7) is 0.583. The SMILES string of the molecule is NC1=NC2(CCCc3sc(-c4cccc(OCc5ccccc5)c4)cc32)CCS1. The van der Waals surface area contributed by atoms with Crippen molar-refractivity contribution in [2.75, 3.05) is 5.75 Å². The monoisotopic (exact) mass is 420 g/mol. The molecule has 1 spiro atoms. The van der Waals surface area contributed by atoms with Gasteiger partial charge in [0, 0.05) is 15.5 Å². The highest BCUT2D eigenvalue weighted by Gasteiger charge is 2.39. The largest absolute Gasteiger partial charge is 0.489 e. The Labute approximate surface area is 180 Å². The molecule has 2 aliphatic rings. The van der Waals surface area contributed by atoms with E-state index in [0.29, 0.717) is 6.61 Å². The molecule has 5 heteroatoms. The summed E-state index contributed by atoms with van der Waals surface area (Å²) in [6, 6.07) is 21.1. The number of aliphatic imine (C=N–C) groups is 1. The molecule has 1 atom stereocenters. The quantitative estimate of drug-likeness (QED) is 0.565. The fraction of sp³-hybridized carbons (Fsp3) is 0.292. The van der Waals surface area contributed by atoms with Crippen LogP contribution in [0.1, 0.15) is 35.3 Å². The van der Waals surface area contributed by atoms with Gasteiger partial charge in [0.25, 0.3) is 0 Å². The number of thiophene rings is 1. The second kappa shape index (κ2) is 7.88. The van der Waals surface area contributed by atoms with Gasteiger partial charge in [0.05, 0.1) is 5.54 Å². The van der Waals surface area contributed by atoms with Crippen LogP contribution in [0.5, 0.6) is 5.75 Å². The molecular weight excluding hydrogens is 396 g/mol. The van der Waals surface area contributed by atoms with Crippen molar-refractivity contribution in [1.29, 1.82) is 0 Å². The first kappa shape index (κ1) is 18.8. The third-order valence-corrected chi connectivity index (χ3v) is 7.80. The molecule has 2 heterocycles. The third kappa shape index (κ3) is 3.81. The topological polar surface area (TPSA) is 47.6 Å². The molecule has 3 nitrogen and oxygen atoms in total. The van der Waals surface area contributed by atoms with Crippen molar-refractivity contribution in [2.24, 2.45) is 10.7 Å². The van der Waals surface area contributed by atoms with E-state index in [1.165, 1.54) is 32.9 Å². The second-order valence-electron chi connectivity index (χ2n) is 7.68. The van der Waals surface area contributed by atoms with Gasteiger partial charge < -0.3 is 10.5 Å². The van der Waals surface area contributed by atoms with Crippen molar-refractivity contribution in [3.63, 3.8) is 0 Å². The lowest BCUT2D eigenvalue weighted by atomic mass is 9.78. The van der Waals surface area contributed by atoms with Gasteiger partial charge in [0.15, 0.2) is 5.17 Å². The summed E-state index contributed by atoms with van der Waals surface area (Å²) in [5.74, 6) is 1.96. The van der Waals surface area contributed by atoms with E-state index in [1.807, 2.05) is 35.6 Å². The van der Waals surface area contributed by atoms with Crippen LogP contribution >= 0.6 is 23.1 Å². The van der Waals surface area contributed by atoms with Crippen LogP contribution in [0.25, 0.3) is 10.4 Å². The highest BCUT2D eigenvalue weighted by Crippen LogP contribution is 2.49. The van der Waals surface area contributed by atoms with E-state index in [2.05, 4.69) is 36.4 Å². The van der Waals surface area contributed by atoms with Gasteiger partial charge in [0.2, 0.25) is 0 Å². The zero-order valence-electron chi connectivity index (χ0n) is 16.3. The minimum absolute atomic E-state index is 0.0981. The molecular formula is C24H24N2OS2.